The Labute approximate surface area is 113 Å². The molecule has 2 rings (SSSR count). The van der Waals surface area contributed by atoms with Gasteiger partial charge in [0.1, 0.15) is 5.01 Å². The Bertz CT molecular complexity index is 471. The van der Waals surface area contributed by atoms with Gasteiger partial charge in [0.2, 0.25) is 0 Å². The maximum Gasteiger partial charge on any atom is 0.114 e. The first-order valence-electron chi connectivity index (χ1n) is 6.41. The van der Waals surface area contributed by atoms with Crippen LogP contribution in [-0.4, -0.2) is 11.5 Å². The summed E-state index contributed by atoms with van der Waals surface area (Å²) in [5.41, 5.74) is 3.94. The van der Waals surface area contributed by atoms with Crippen LogP contribution in [0.25, 0.3) is 0 Å². The molecule has 1 unspecified atom stereocenters. The molecule has 0 radical (unpaired) electrons. The van der Waals surface area contributed by atoms with E-state index in [4.69, 9.17) is 0 Å². The van der Waals surface area contributed by atoms with Gasteiger partial charge < -0.3 is 5.32 Å². The van der Waals surface area contributed by atoms with Gasteiger partial charge in [-0.25, -0.2) is 4.98 Å². The molecule has 2 nitrogen and oxygen atoms in total. The van der Waals surface area contributed by atoms with Crippen LogP contribution in [0.3, 0.4) is 0 Å². The molecule has 1 aromatic carbocycles. The normalized spacial score (nSPS) is 12.6. The fourth-order valence-corrected chi connectivity index (χ4v) is 2.93. The van der Waals surface area contributed by atoms with Crippen molar-refractivity contribution in [3.05, 3.63) is 51.5 Å². The van der Waals surface area contributed by atoms with Crippen LogP contribution >= 0.6 is 11.3 Å². The number of hydrogen-bond donors (Lipinski definition) is 1. The molecule has 0 saturated heterocycles. The molecule has 3 heteroatoms. The van der Waals surface area contributed by atoms with Gasteiger partial charge in [0, 0.05) is 11.6 Å². The van der Waals surface area contributed by atoms with Crippen LogP contribution in [0.1, 0.15) is 41.1 Å². The van der Waals surface area contributed by atoms with Crippen molar-refractivity contribution in [1.29, 1.82) is 0 Å². The van der Waals surface area contributed by atoms with E-state index in [0.29, 0.717) is 0 Å². The molecule has 0 aliphatic rings. The number of rotatable bonds is 5. The van der Waals surface area contributed by atoms with Gasteiger partial charge in [-0.05, 0) is 32.4 Å². The maximum absolute atomic E-state index is 4.46. The van der Waals surface area contributed by atoms with Crippen molar-refractivity contribution in [3.63, 3.8) is 0 Å². The molecule has 2 aromatic rings. The highest BCUT2D eigenvalue weighted by atomic mass is 32.1. The van der Waals surface area contributed by atoms with E-state index < -0.39 is 0 Å². The fourth-order valence-electron chi connectivity index (χ4n) is 2.19. The summed E-state index contributed by atoms with van der Waals surface area (Å²) in [5, 5.41) is 6.78. The highest BCUT2D eigenvalue weighted by Gasteiger charge is 2.16. The van der Waals surface area contributed by atoms with Crippen molar-refractivity contribution < 1.29 is 0 Å². The molecule has 96 valence electrons. The summed E-state index contributed by atoms with van der Waals surface area (Å²) >= 11 is 1.71. The monoisotopic (exact) mass is 260 g/mol. The van der Waals surface area contributed by atoms with Gasteiger partial charge in [-0.15, -0.1) is 11.3 Å². The second kappa shape index (κ2) is 6.12. The van der Waals surface area contributed by atoms with Gasteiger partial charge in [0.25, 0.3) is 0 Å². The lowest BCUT2D eigenvalue weighted by Crippen LogP contribution is -2.23. The van der Waals surface area contributed by atoms with E-state index in [1.165, 1.54) is 16.7 Å². The minimum atomic E-state index is 0.226. The van der Waals surface area contributed by atoms with E-state index >= 15 is 0 Å². The zero-order valence-corrected chi connectivity index (χ0v) is 12.1. The number of benzene rings is 1. The lowest BCUT2D eigenvalue weighted by molar-refractivity contribution is 0.595. The number of aromatic nitrogens is 1. The number of nitrogens with one attached hydrogen (secondary N) is 1. The fraction of sp³-hybridized carbons (Fsp3) is 0.400. The summed E-state index contributed by atoms with van der Waals surface area (Å²) in [4.78, 5) is 4.46. The minimum Gasteiger partial charge on any atom is -0.304 e. The number of thiazole rings is 1. The van der Waals surface area contributed by atoms with Crippen molar-refractivity contribution in [2.45, 2.75) is 33.2 Å². The average molecular weight is 260 g/mol. The topological polar surface area (TPSA) is 24.9 Å². The minimum absolute atomic E-state index is 0.226. The van der Waals surface area contributed by atoms with Gasteiger partial charge in [-0.1, -0.05) is 36.2 Å². The Morgan fingerprint density at radius 1 is 1.22 bits per heavy atom. The molecule has 0 amide bonds. The summed E-state index contributed by atoms with van der Waals surface area (Å²) in [5.74, 6) is 0. The van der Waals surface area contributed by atoms with E-state index in [0.717, 1.165) is 18.0 Å². The third kappa shape index (κ3) is 3.18. The third-order valence-electron chi connectivity index (χ3n) is 2.87. The molecule has 0 aliphatic carbocycles. The molecular formula is C15H20N2S. The second-order valence-corrected chi connectivity index (χ2v) is 5.60. The first-order valence-corrected chi connectivity index (χ1v) is 7.29. The molecule has 1 atom stereocenters. The SMILES string of the molecule is CCCNC(c1cc(C)cc(C)c1)c1nccs1. The molecule has 0 bridgehead atoms. The van der Waals surface area contributed by atoms with E-state index in [9.17, 15) is 0 Å². The maximum atomic E-state index is 4.46. The zero-order valence-electron chi connectivity index (χ0n) is 11.2. The molecule has 1 N–H and O–H groups in total. The summed E-state index contributed by atoms with van der Waals surface area (Å²) in [6.45, 7) is 7.50. The largest absolute Gasteiger partial charge is 0.304 e. The number of aryl methyl sites for hydroxylation is 2. The molecule has 0 aliphatic heterocycles. The van der Waals surface area contributed by atoms with Crippen LogP contribution in [0.4, 0.5) is 0 Å². The Morgan fingerprint density at radius 3 is 2.50 bits per heavy atom. The predicted molar refractivity (Wildman–Crippen MR) is 78.2 cm³/mol. The molecule has 0 fully saturated rings. The highest BCUT2D eigenvalue weighted by Crippen LogP contribution is 2.25. The lowest BCUT2D eigenvalue weighted by atomic mass is 10.0. The average Bonchev–Trinajstić information content (AvgIpc) is 2.82. The molecule has 0 saturated carbocycles. The van der Waals surface area contributed by atoms with Gasteiger partial charge in [0.05, 0.1) is 6.04 Å². The van der Waals surface area contributed by atoms with Crippen LogP contribution < -0.4 is 5.32 Å². The zero-order chi connectivity index (χ0) is 13.0. The number of nitrogens with zero attached hydrogens (tertiary/aromatic N) is 1. The van der Waals surface area contributed by atoms with Crippen LogP contribution in [0, 0.1) is 13.8 Å². The smallest absolute Gasteiger partial charge is 0.114 e. The highest BCUT2D eigenvalue weighted by molar-refractivity contribution is 7.09. The standard InChI is InChI=1S/C15H20N2S/c1-4-5-16-14(15-17-6-7-18-15)13-9-11(2)8-12(3)10-13/h6-10,14,16H,4-5H2,1-3H3. The van der Waals surface area contributed by atoms with Gasteiger partial charge in [-0.3, -0.25) is 0 Å². The van der Waals surface area contributed by atoms with Gasteiger partial charge in [0.15, 0.2) is 0 Å². The van der Waals surface area contributed by atoms with Crippen molar-refractivity contribution in [2.75, 3.05) is 6.54 Å². The molecule has 1 aromatic heterocycles. The van der Waals surface area contributed by atoms with Crippen LogP contribution in [0.15, 0.2) is 29.8 Å². The summed E-state index contributed by atoms with van der Waals surface area (Å²) in [6.07, 6.45) is 3.01. The first kappa shape index (κ1) is 13.2. The summed E-state index contributed by atoms with van der Waals surface area (Å²) in [7, 11) is 0. The van der Waals surface area contributed by atoms with E-state index in [1.807, 2.05) is 11.6 Å². The van der Waals surface area contributed by atoms with Crippen molar-refractivity contribution in [1.82, 2.24) is 10.3 Å². The van der Waals surface area contributed by atoms with E-state index in [2.05, 4.69) is 49.3 Å². The Morgan fingerprint density at radius 2 is 1.94 bits per heavy atom. The van der Waals surface area contributed by atoms with Crippen LogP contribution in [0.5, 0.6) is 0 Å². The van der Waals surface area contributed by atoms with Gasteiger partial charge >= 0.3 is 0 Å². The third-order valence-corrected chi connectivity index (χ3v) is 3.71. The van der Waals surface area contributed by atoms with E-state index in [1.54, 1.807) is 11.3 Å². The summed E-state index contributed by atoms with van der Waals surface area (Å²) < 4.78 is 0. The second-order valence-electron chi connectivity index (χ2n) is 4.68. The van der Waals surface area contributed by atoms with Crippen molar-refractivity contribution in [3.8, 4) is 0 Å². The summed E-state index contributed by atoms with van der Waals surface area (Å²) in [6, 6.07) is 6.94. The van der Waals surface area contributed by atoms with E-state index in [-0.39, 0.29) is 6.04 Å². The van der Waals surface area contributed by atoms with Crippen molar-refractivity contribution in [2.24, 2.45) is 0 Å². The van der Waals surface area contributed by atoms with Crippen LogP contribution in [-0.2, 0) is 0 Å². The Kier molecular flexibility index (Phi) is 4.50. The molecule has 1 heterocycles. The van der Waals surface area contributed by atoms with Crippen molar-refractivity contribution >= 4 is 11.3 Å². The Hall–Kier alpha value is -1.19. The number of hydrogen-bond acceptors (Lipinski definition) is 3. The Balaban J connectivity index is 2.33. The lowest BCUT2D eigenvalue weighted by Gasteiger charge is -2.18. The molecule has 0 spiro atoms. The molecule has 18 heavy (non-hydrogen) atoms. The quantitative estimate of drug-likeness (QED) is 0.883. The first-order chi connectivity index (χ1) is 8.70. The molecular weight excluding hydrogens is 240 g/mol. The van der Waals surface area contributed by atoms with Gasteiger partial charge in [-0.2, -0.15) is 0 Å². The van der Waals surface area contributed by atoms with Crippen LogP contribution in [0.2, 0.25) is 0 Å². The predicted octanol–water partition coefficient (Wildman–Crippen LogP) is 3.85.